The molecule has 0 radical (unpaired) electrons. The summed E-state index contributed by atoms with van der Waals surface area (Å²) < 4.78 is 23.2. The average Bonchev–Trinajstić information content (AvgIpc) is 2.88. The number of nitrogens with two attached hydrogens (primary N) is 1. The number of nitriles is 1. The highest BCUT2D eigenvalue weighted by Gasteiger charge is 2.36. The molecule has 0 unspecified atom stereocenters. The van der Waals surface area contributed by atoms with Crippen molar-refractivity contribution >= 4 is 22.6 Å². The van der Waals surface area contributed by atoms with Gasteiger partial charge in [-0.2, -0.15) is 5.26 Å². The van der Waals surface area contributed by atoms with E-state index in [4.69, 9.17) is 36.0 Å². The van der Waals surface area contributed by atoms with Crippen molar-refractivity contribution in [3.05, 3.63) is 110 Å². The third-order valence-electron chi connectivity index (χ3n) is 5.88. The summed E-state index contributed by atoms with van der Waals surface area (Å²) in [6.07, 6.45) is 0. The van der Waals surface area contributed by atoms with E-state index in [1.807, 2.05) is 19.1 Å². The number of ether oxygens (including phenoxy) is 3. The van der Waals surface area contributed by atoms with Crippen molar-refractivity contribution in [1.82, 2.24) is 0 Å². The van der Waals surface area contributed by atoms with Gasteiger partial charge in [0.25, 0.3) is 0 Å². The Morgan fingerprint density at radius 1 is 1.06 bits per heavy atom. The van der Waals surface area contributed by atoms with Gasteiger partial charge in [-0.25, -0.2) is 4.79 Å². The van der Waals surface area contributed by atoms with Gasteiger partial charge >= 0.3 is 5.63 Å². The Balaban J connectivity index is 1.59. The summed E-state index contributed by atoms with van der Waals surface area (Å²) in [5, 5.41) is 11.1. The van der Waals surface area contributed by atoms with E-state index in [0.717, 1.165) is 5.56 Å². The third kappa shape index (κ3) is 4.23. The van der Waals surface area contributed by atoms with Crippen LogP contribution in [0, 0.1) is 11.3 Å². The van der Waals surface area contributed by atoms with Crippen molar-refractivity contribution in [2.45, 2.75) is 19.4 Å². The molecule has 2 heterocycles. The van der Waals surface area contributed by atoms with E-state index in [1.54, 1.807) is 54.6 Å². The van der Waals surface area contributed by atoms with Crippen LogP contribution in [-0.2, 0) is 6.61 Å². The molecule has 36 heavy (non-hydrogen) atoms. The van der Waals surface area contributed by atoms with Crippen molar-refractivity contribution in [3.8, 4) is 23.3 Å². The van der Waals surface area contributed by atoms with Gasteiger partial charge in [0.05, 0.1) is 23.5 Å². The van der Waals surface area contributed by atoms with Gasteiger partial charge in [-0.1, -0.05) is 41.9 Å². The molecule has 180 valence electrons. The summed E-state index contributed by atoms with van der Waals surface area (Å²) >= 11 is 5.97. The van der Waals surface area contributed by atoms with Crippen LogP contribution in [0.3, 0.4) is 0 Å². The molecule has 1 aromatic heterocycles. The molecule has 1 atom stereocenters. The Bertz CT molecular complexity index is 1580. The van der Waals surface area contributed by atoms with E-state index in [9.17, 15) is 10.1 Å². The van der Waals surface area contributed by atoms with E-state index in [-0.39, 0.29) is 22.8 Å². The van der Waals surface area contributed by atoms with Crippen LogP contribution < -0.4 is 25.6 Å². The Morgan fingerprint density at radius 3 is 2.58 bits per heavy atom. The van der Waals surface area contributed by atoms with Gasteiger partial charge < -0.3 is 24.4 Å². The SMILES string of the molecule is CCOc1cc([C@H]2C(C#N)=C(N)Oc3c2c(=O)oc2ccccc32)ccc1OCc1ccc(Cl)cc1. The molecule has 8 heteroatoms. The lowest BCUT2D eigenvalue weighted by atomic mass is 9.83. The van der Waals surface area contributed by atoms with E-state index in [0.29, 0.717) is 46.3 Å². The van der Waals surface area contributed by atoms with Crippen LogP contribution in [0.15, 0.2) is 87.4 Å². The number of allylic oxidation sites excluding steroid dienone is 1. The fourth-order valence-corrected chi connectivity index (χ4v) is 4.36. The maximum atomic E-state index is 13.1. The molecular weight excluding hydrogens is 480 g/mol. The van der Waals surface area contributed by atoms with Crippen LogP contribution in [0.25, 0.3) is 11.0 Å². The molecule has 0 aliphatic carbocycles. The minimum atomic E-state index is -0.802. The first-order chi connectivity index (χ1) is 17.5. The first-order valence-corrected chi connectivity index (χ1v) is 11.6. The summed E-state index contributed by atoms with van der Waals surface area (Å²) in [4.78, 5) is 13.1. The second-order valence-electron chi connectivity index (χ2n) is 8.11. The first kappa shape index (κ1) is 23.3. The minimum Gasteiger partial charge on any atom is -0.490 e. The molecule has 0 spiro atoms. The van der Waals surface area contributed by atoms with Crippen LogP contribution in [-0.4, -0.2) is 6.61 Å². The molecule has 0 amide bonds. The molecule has 4 aromatic rings. The average molecular weight is 501 g/mol. The van der Waals surface area contributed by atoms with Gasteiger partial charge in [-0.05, 0) is 54.4 Å². The zero-order chi connectivity index (χ0) is 25.2. The molecule has 0 saturated heterocycles. The number of hydrogen-bond donors (Lipinski definition) is 1. The monoisotopic (exact) mass is 500 g/mol. The number of benzene rings is 3. The molecule has 0 fully saturated rings. The summed E-state index contributed by atoms with van der Waals surface area (Å²) in [5.74, 6) is 0.405. The number of para-hydroxylation sites is 1. The van der Waals surface area contributed by atoms with Gasteiger partial charge in [0.15, 0.2) is 17.2 Å². The first-order valence-electron chi connectivity index (χ1n) is 11.3. The topological polar surface area (TPSA) is 108 Å². The van der Waals surface area contributed by atoms with Crippen molar-refractivity contribution in [1.29, 1.82) is 5.26 Å². The second-order valence-corrected chi connectivity index (χ2v) is 8.54. The maximum Gasteiger partial charge on any atom is 0.344 e. The summed E-state index contributed by atoms with van der Waals surface area (Å²) in [5.41, 5.74) is 7.80. The number of nitrogens with zero attached hydrogens (tertiary/aromatic N) is 1. The summed E-state index contributed by atoms with van der Waals surface area (Å²) in [6, 6.07) is 21.7. The second kappa shape index (κ2) is 9.68. The summed E-state index contributed by atoms with van der Waals surface area (Å²) in [6.45, 7) is 2.56. The minimum absolute atomic E-state index is 0.0632. The molecule has 0 saturated carbocycles. The molecule has 0 bridgehead atoms. The molecule has 2 N–H and O–H groups in total. The Hall–Kier alpha value is -4.41. The van der Waals surface area contributed by atoms with Gasteiger partial charge in [0.1, 0.15) is 23.8 Å². The van der Waals surface area contributed by atoms with Gasteiger partial charge in [0, 0.05) is 5.02 Å². The standard InChI is InChI=1S/C28H21ClN2O5/c1-2-33-23-13-17(9-12-22(23)34-15-16-7-10-18(29)11-8-16)24-20(14-30)27(31)36-26-19-5-3-4-6-21(19)35-28(32)25(24)26/h3-13,24H,2,15,31H2,1H3/t24-/m0/s1. The van der Waals surface area contributed by atoms with Crippen molar-refractivity contribution in [2.24, 2.45) is 5.73 Å². The number of rotatable bonds is 6. The van der Waals surface area contributed by atoms with E-state index < -0.39 is 11.5 Å². The maximum absolute atomic E-state index is 13.1. The highest BCUT2D eigenvalue weighted by atomic mass is 35.5. The van der Waals surface area contributed by atoms with Gasteiger partial charge in [0.2, 0.25) is 5.88 Å². The lowest BCUT2D eigenvalue weighted by Gasteiger charge is -2.26. The van der Waals surface area contributed by atoms with Crippen LogP contribution >= 0.6 is 11.6 Å². The van der Waals surface area contributed by atoms with Crippen molar-refractivity contribution in [2.75, 3.05) is 6.61 Å². The predicted octanol–water partition coefficient (Wildman–Crippen LogP) is 5.64. The smallest absolute Gasteiger partial charge is 0.344 e. The Morgan fingerprint density at radius 2 is 1.83 bits per heavy atom. The quantitative estimate of drug-likeness (QED) is 0.341. The molecule has 7 nitrogen and oxygen atoms in total. The normalized spacial score (nSPS) is 14.6. The molecule has 1 aliphatic rings. The molecule has 3 aromatic carbocycles. The fraction of sp³-hybridized carbons (Fsp3) is 0.143. The highest BCUT2D eigenvalue weighted by molar-refractivity contribution is 6.30. The largest absolute Gasteiger partial charge is 0.490 e. The number of halogens is 1. The number of fused-ring (bicyclic) bond motifs is 3. The van der Waals surface area contributed by atoms with Gasteiger partial charge in [-0.3, -0.25) is 0 Å². The van der Waals surface area contributed by atoms with Crippen LogP contribution in [0.1, 0.15) is 29.5 Å². The Kier molecular flexibility index (Phi) is 6.28. The highest BCUT2D eigenvalue weighted by Crippen LogP contribution is 2.45. The van der Waals surface area contributed by atoms with E-state index >= 15 is 0 Å². The molecular formula is C28H21ClN2O5. The van der Waals surface area contributed by atoms with Crippen LogP contribution in [0.5, 0.6) is 17.2 Å². The van der Waals surface area contributed by atoms with Crippen LogP contribution in [0.2, 0.25) is 5.02 Å². The lowest BCUT2D eigenvalue weighted by Crippen LogP contribution is -2.26. The predicted molar refractivity (Wildman–Crippen MR) is 135 cm³/mol. The zero-order valence-electron chi connectivity index (χ0n) is 19.3. The van der Waals surface area contributed by atoms with E-state index in [2.05, 4.69) is 6.07 Å². The Labute approximate surface area is 211 Å². The van der Waals surface area contributed by atoms with Crippen LogP contribution in [0.4, 0.5) is 0 Å². The van der Waals surface area contributed by atoms with Crippen molar-refractivity contribution in [3.63, 3.8) is 0 Å². The molecule has 5 rings (SSSR count). The van der Waals surface area contributed by atoms with Gasteiger partial charge in [-0.15, -0.1) is 0 Å². The third-order valence-corrected chi connectivity index (χ3v) is 6.13. The number of hydrogen-bond acceptors (Lipinski definition) is 7. The zero-order valence-corrected chi connectivity index (χ0v) is 20.0. The van der Waals surface area contributed by atoms with E-state index in [1.165, 1.54) is 0 Å². The lowest BCUT2D eigenvalue weighted by molar-refractivity contribution is 0.269. The fourth-order valence-electron chi connectivity index (χ4n) is 4.23. The summed E-state index contributed by atoms with van der Waals surface area (Å²) in [7, 11) is 0. The van der Waals surface area contributed by atoms with Crippen molar-refractivity contribution < 1.29 is 18.6 Å². The molecule has 1 aliphatic heterocycles.